The molecule has 4 rings (SSSR count). The van der Waals surface area contributed by atoms with Gasteiger partial charge in [-0.25, -0.2) is 0 Å². The van der Waals surface area contributed by atoms with Crippen molar-refractivity contribution in [2.24, 2.45) is 0 Å². The first kappa shape index (κ1) is 19.8. The molecule has 3 aromatic carbocycles. The third kappa shape index (κ3) is 4.09. The summed E-state index contributed by atoms with van der Waals surface area (Å²) in [7, 11) is 1.59. The molecule has 0 amide bonds. The fourth-order valence-electron chi connectivity index (χ4n) is 3.59. The highest BCUT2D eigenvalue weighted by molar-refractivity contribution is 5.76. The SMILES string of the molecule is COc1ccccc1OC[C@H](O)Cn1c(=N)n(Cc2ccccc2)c2ccccc21. The van der Waals surface area contributed by atoms with Gasteiger partial charge in [0.25, 0.3) is 0 Å². The molecule has 0 saturated heterocycles. The van der Waals surface area contributed by atoms with Crippen LogP contribution in [0.15, 0.2) is 78.9 Å². The van der Waals surface area contributed by atoms with Crippen LogP contribution in [0.1, 0.15) is 5.56 Å². The standard InChI is InChI=1S/C24H25N3O3/c1-29-22-13-7-8-14-23(22)30-17-19(28)16-27-21-12-6-5-11-20(21)26(24(27)25)15-18-9-3-2-4-10-18/h2-14,19,25,28H,15-17H2,1H3/t19-/m1/s1. The van der Waals surface area contributed by atoms with Crippen molar-refractivity contribution >= 4 is 11.0 Å². The molecule has 30 heavy (non-hydrogen) atoms. The average molecular weight is 403 g/mol. The lowest BCUT2D eigenvalue weighted by atomic mass is 10.2. The van der Waals surface area contributed by atoms with Crippen molar-refractivity contribution in [3.63, 3.8) is 0 Å². The van der Waals surface area contributed by atoms with E-state index in [0.29, 0.717) is 23.7 Å². The summed E-state index contributed by atoms with van der Waals surface area (Å²) < 4.78 is 14.8. The first-order chi connectivity index (χ1) is 14.7. The van der Waals surface area contributed by atoms with E-state index in [-0.39, 0.29) is 13.2 Å². The number of ether oxygens (including phenoxy) is 2. The number of aliphatic hydroxyl groups is 1. The summed E-state index contributed by atoms with van der Waals surface area (Å²) in [5.74, 6) is 1.21. The van der Waals surface area contributed by atoms with Crippen LogP contribution in [0.25, 0.3) is 11.0 Å². The molecule has 0 bridgehead atoms. The van der Waals surface area contributed by atoms with Crippen LogP contribution in [0.5, 0.6) is 11.5 Å². The largest absolute Gasteiger partial charge is 0.493 e. The number of hydrogen-bond acceptors (Lipinski definition) is 4. The first-order valence-electron chi connectivity index (χ1n) is 9.88. The topological polar surface area (TPSA) is 72.4 Å². The maximum Gasteiger partial charge on any atom is 0.203 e. The van der Waals surface area contributed by atoms with Gasteiger partial charge in [-0.2, -0.15) is 0 Å². The number of nitrogens with one attached hydrogen (secondary N) is 1. The number of hydrogen-bond donors (Lipinski definition) is 2. The Morgan fingerprint density at radius 3 is 2.13 bits per heavy atom. The normalized spacial score (nSPS) is 12.1. The van der Waals surface area contributed by atoms with E-state index in [2.05, 4.69) is 12.1 Å². The van der Waals surface area contributed by atoms with Gasteiger partial charge in [-0.15, -0.1) is 0 Å². The zero-order valence-corrected chi connectivity index (χ0v) is 16.9. The molecule has 2 N–H and O–H groups in total. The van der Waals surface area contributed by atoms with Gasteiger partial charge >= 0.3 is 0 Å². The van der Waals surface area contributed by atoms with Gasteiger partial charge in [0, 0.05) is 0 Å². The van der Waals surface area contributed by atoms with E-state index >= 15 is 0 Å². The Hall–Kier alpha value is -3.51. The van der Waals surface area contributed by atoms with E-state index in [1.54, 1.807) is 13.2 Å². The van der Waals surface area contributed by atoms with Crippen LogP contribution in [0.3, 0.4) is 0 Å². The molecule has 0 unspecified atom stereocenters. The highest BCUT2D eigenvalue weighted by atomic mass is 16.5. The molecule has 0 spiro atoms. The summed E-state index contributed by atoms with van der Waals surface area (Å²) in [6.45, 7) is 0.961. The van der Waals surface area contributed by atoms with Gasteiger partial charge in [0.15, 0.2) is 11.5 Å². The van der Waals surface area contributed by atoms with E-state index < -0.39 is 6.10 Å². The molecule has 0 saturated carbocycles. The molecule has 1 heterocycles. The quantitative estimate of drug-likeness (QED) is 0.474. The summed E-state index contributed by atoms with van der Waals surface area (Å²) in [6, 6.07) is 25.3. The molecular weight excluding hydrogens is 378 g/mol. The van der Waals surface area contributed by atoms with Crippen LogP contribution in [0.2, 0.25) is 0 Å². The minimum atomic E-state index is -0.778. The minimum Gasteiger partial charge on any atom is -0.493 e. The maximum absolute atomic E-state index is 10.6. The van der Waals surface area contributed by atoms with Crippen molar-refractivity contribution in [2.75, 3.05) is 13.7 Å². The molecular formula is C24H25N3O3. The van der Waals surface area contributed by atoms with Gasteiger partial charge in [-0.3, -0.25) is 5.41 Å². The van der Waals surface area contributed by atoms with Crippen LogP contribution in [0, 0.1) is 5.41 Å². The van der Waals surface area contributed by atoms with E-state index in [4.69, 9.17) is 14.9 Å². The minimum absolute atomic E-state index is 0.102. The second kappa shape index (κ2) is 8.88. The molecule has 1 atom stereocenters. The van der Waals surface area contributed by atoms with E-state index in [1.807, 2.05) is 69.8 Å². The molecule has 0 aliphatic carbocycles. The molecule has 0 aliphatic heterocycles. The Balaban J connectivity index is 1.56. The van der Waals surface area contributed by atoms with E-state index in [0.717, 1.165) is 16.6 Å². The molecule has 4 aromatic rings. The highest BCUT2D eigenvalue weighted by Crippen LogP contribution is 2.26. The number of nitrogens with zero attached hydrogens (tertiary/aromatic N) is 2. The van der Waals surface area contributed by atoms with Crippen molar-refractivity contribution in [1.82, 2.24) is 9.13 Å². The summed E-state index contributed by atoms with van der Waals surface area (Å²) in [5, 5.41) is 19.4. The predicted octanol–water partition coefficient (Wildman–Crippen LogP) is 3.42. The first-order valence-corrected chi connectivity index (χ1v) is 9.88. The molecule has 1 aromatic heterocycles. The Morgan fingerprint density at radius 1 is 0.833 bits per heavy atom. The molecule has 0 radical (unpaired) electrons. The van der Waals surface area contributed by atoms with Gasteiger partial charge in [-0.05, 0) is 29.8 Å². The molecule has 6 heteroatoms. The molecule has 0 fully saturated rings. The van der Waals surface area contributed by atoms with Crippen LogP contribution in [0.4, 0.5) is 0 Å². The van der Waals surface area contributed by atoms with Crippen LogP contribution in [-0.2, 0) is 13.1 Å². The van der Waals surface area contributed by atoms with Crippen molar-refractivity contribution in [3.05, 3.63) is 90.0 Å². The summed E-state index contributed by atoms with van der Waals surface area (Å²) in [5.41, 5.74) is 3.34. The third-order valence-electron chi connectivity index (χ3n) is 5.05. The Bertz CT molecular complexity index is 1180. The van der Waals surface area contributed by atoms with E-state index in [9.17, 15) is 5.11 Å². The van der Waals surface area contributed by atoms with Gasteiger partial charge in [0.2, 0.25) is 5.62 Å². The summed E-state index contributed by atoms with van der Waals surface area (Å²) in [4.78, 5) is 0. The van der Waals surface area contributed by atoms with Gasteiger partial charge in [0.1, 0.15) is 12.7 Å². The Morgan fingerprint density at radius 2 is 1.43 bits per heavy atom. The summed E-state index contributed by atoms with van der Waals surface area (Å²) in [6.07, 6.45) is -0.778. The Labute approximate surface area is 175 Å². The van der Waals surface area contributed by atoms with Gasteiger partial charge < -0.3 is 23.7 Å². The number of imidazole rings is 1. The van der Waals surface area contributed by atoms with Gasteiger partial charge in [-0.1, -0.05) is 54.6 Å². The lowest BCUT2D eigenvalue weighted by molar-refractivity contribution is 0.0906. The van der Waals surface area contributed by atoms with Crippen molar-refractivity contribution in [1.29, 1.82) is 5.41 Å². The van der Waals surface area contributed by atoms with Crippen molar-refractivity contribution in [3.8, 4) is 11.5 Å². The highest BCUT2D eigenvalue weighted by Gasteiger charge is 2.15. The monoisotopic (exact) mass is 403 g/mol. The van der Waals surface area contributed by atoms with Crippen molar-refractivity contribution < 1.29 is 14.6 Å². The van der Waals surface area contributed by atoms with Crippen molar-refractivity contribution in [2.45, 2.75) is 19.2 Å². The fraction of sp³-hybridized carbons (Fsp3) is 0.208. The lowest BCUT2D eigenvalue weighted by Crippen LogP contribution is -2.31. The summed E-state index contributed by atoms with van der Waals surface area (Å²) >= 11 is 0. The average Bonchev–Trinajstić information content (AvgIpc) is 3.04. The second-order valence-electron chi connectivity index (χ2n) is 7.11. The predicted molar refractivity (Wildman–Crippen MR) is 116 cm³/mol. The smallest absolute Gasteiger partial charge is 0.203 e. The lowest BCUT2D eigenvalue weighted by Gasteiger charge is -2.15. The van der Waals surface area contributed by atoms with Crippen LogP contribution in [-0.4, -0.2) is 34.1 Å². The number of benzene rings is 3. The van der Waals surface area contributed by atoms with E-state index in [1.165, 1.54) is 0 Å². The zero-order valence-electron chi connectivity index (χ0n) is 16.9. The number of aromatic nitrogens is 2. The maximum atomic E-state index is 10.6. The van der Waals surface area contributed by atoms with Gasteiger partial charge in [0.05, 0.1) is 31.2 Å². The van der Waals surface area contributed by atoms with Crippen LogP contribution < -0.4 is 15.1 Å². The second-order valence-corrected chi connectivity index (χ2v) is 7.11. The fourth-order valence-corrected chi connectivity index (χ4v) is 3.59. The van der Waals surface area contributed by atoms with Crippen LogP contribution >= 0.6 is 0 Å². The number of para-hydroxylation sites is 4. The molecule has 154 valence electrons. The molecule has 0 aliphatic rings. The Kier molecular flexibility index (Phi) is 5.86. The number of rotatable bonds is 8. The third-order valence-corrected chi connectivity index (χ3v) is 5.05. The number of fused-ring (bicyclic) bond motifs is 1. The molecule has 6 nitrogen and oxygen atoms in total. The number of methoxy groups -OCH3 is 1. The number of aliphatic hydroxyl groups excluding tert-OH is 1. The zero-order chi connectivity index (χ0) is 20.9.